The second-order valence-electron chi connectivity index (χ2n) is 5.85. The summed E-state index contributed by atoms with van der Waals surface area (Å²) in [7, 11) is -3.62. The minimum atomic E-state index is -3.62. The van der Waals surface area contributed by atoms with Crippen LogP contribution >= 0.6 is 11.3 Å². The molecule has 3 rings (SSSR count). The summed E-state index contributed by atoms with van der Waals surface area (Å²) in [6.07, 6.45) is 3.02. The SMILES string of the molecule is Cc1cccc(CS(=O)(=O)c2nnc(NC(=O)C=Cc3ccccc3)s2)c1. The van der Waals surface area contributed by atoms with Crippen molar-refractivity contribution in [1.29, 1.82) is 0 Å². The lowest BCUT2D eigenvalue weighted by Crippen LogP contribution is -2.07. The fourth-order valence-electron chi connectivity index (χ4n) is 2.35. The van der Waals surface area contributed by atoms with Crippen LogP contribution in [0.5, 0.6) is 0 Å². The first-order valence-electron chi connectivity index (χ1n) is 8.08. The van der Waals surface area contributed by atoms with E-state index in [9.17, 15) is 13.2 Å². The Hall–Kier alpha value is -2.84. The van der Waals surface area contributed by atoms with Gasteiger partial charge in [-0.2, -0.15) is 0 Å². The first kappa shape index (κ1) is 18.9. The van der Waals surface area contributed by atoms with Crippen molar-refractivity contribution in [2.45, 2.75) is 17.0 Å². The number of sulfone groups is 1. The number of anilines is 1. The number of rotatable bonds is 6. The lowest BCUT2D eigenvalue weighted by Gasteiger charge is -2.01. The summed E-state index contributed by atoms with van der Waals surface area (Å²) in [6, 6.07) is 16.6. The number of aromatic nitrogens is 2. The van der Waals surface area contributed by atoms with Crippen molar-refractivity contribution >= 4 is 38.3 Å². The normalized spacial score (nSPS) is 11.6. The molecule has 1 amide bonds. The van der Waals surface area contributed by atoms with E-state index >= 15 is 0 Å². The summed E-state index contributed by atoms with van der Waals surface area (Å²) in [5, 5.41) is 10.2. The maximum absolute atomic E-state index is 12.5. The number of nitrogens with one attached hydrogen (secondary N) is 1. The second kappa shape index (κ2) is 8.24. The first-order chi connectivity index (χ1) is 12.9. The van der Waals surface area contributed by atoms with E-state index in [0.29, 0.717) is 5.56 Å². The summed E-state index contributed by atoms with van der Waals surface area (Å²) in [6.45, 7) is 1.90. The summed E-state index contributed by atoms with van der Waals surface area (Å²) >= 11 is 0.837. The molecule has 0 unspecified atom stereocenters. The third kappa shape index (κ3) is 5.32. The Morgan fingerprint density at radius 1 is 1.11 bits per heavy atom. The third-order valence-corrected chi connectivity index (χ3v) is 6.54. The minimum Gasteiger partial charge on any atom is -0.297 e. The van der Waals surface area contributed by atoms with Gasteiger partial charge in [0.1, 0.15) is 0 Å². The van der Waals surface area contributed by atoms with Gasteiger partial charge in [0.2, 0.25) is 25.2 Å². The van der Waals surface area contributed by atoms with Crippen LogP contribution in [0.2, 0.25) is 0 Å². The number of carbonyl (C=O) groups excluding carboxylic acids is 1. The van der Waals surface area contributed by atoms with E-state index in [-0.39, 0.29) is 15.2 Å². The molecule has 1 heterocycles. The Labute approximate surface area is 161 Å². The molecular formula is C19H17N3O3S2. The summed E-state index contributed by atoms with van der Waals surface area (Å²) < 4.78 is 24.9. The van der Waals surface area contributed by atoms with Gasteiger partial charge in [0, 0.05) is 6.08 Å². The maximum Gasteiger partial charge on any atom is 0.250 e. The van der Waals surface area contributed by atoms with Crippen LogP contribution in [0.25, 0.3) is 6.08 Å². The summed E-state index contributed by atoms with van der Waals surface area (Å²) in [4.78, 5) is 12.0. The van der Waals surface area contributed by atoms with Gasteiger partial charge in [0.25, 0.3) is 0 Å². The number of aryl methyl sites for hydroxylation is 1. The molecule has 0 spiro atoms. The monoisotopic (exact) mass is 399 g/mol. The van der Waals surface area contributed by atoms with E-state index in [1.54, 1.807) is 12.1 Å². The number of hydrogen-bond donors (Lipinski definition) is 1. The van der Waals surface area contributed by atoms with Gasteiger partial charge in [0.05, 0.1) is 5.75 Å². The maximum atomic E-state index is 12.5. The van der Waals surface area contributed by atoms with Crippen LogP contribution < -0.4 is 5.32 Å². The standard InChI is InChI=1S/C19H17N3O3S2/c1-14-6-5-9-16(12-14)13-27(24,25)19-22-21-18(26-19)20-17(23)11-10-15-7-3-2-4-8-15/h2-12H,13H2,1H3,(H,20,21,23). The van der Waals surface area contributed by atoms with Gasteiger partial charge in [0.15, 0.2) is 0 Å². The largest absolute Gasteiger partial charge is 0.297 e. The van der Waals surface area contributed by atoms with Crippen molar-refractivity contribution in [3.05, 3.63) is 77.4 Å². The van der Waals surface area contributed by atoms with E-state index in [1.807, 2.05) is 55.5 Å². The molecule has 27 heavy (non-hydrogen) atoms. The van der Waals surface area contributed by atoms with Gasteiger partial charge in [-0.25, -0.2) is 8.42 Å². The topological polar surface area (TPSA) is 89.0 Å². The van der Waals surface area contributed by atoms with E-state index in [0.717, 1.165) is 22.5 Å². The molecule has 0 saturated heterocycles. The molecule has 138 valence electrons. The van der Waals surface area contributed by atoms with Crippen molar-refractivity contribution in [2.75, 3.05) is 5.32 Å². The van der Waals surface area contributed by atoms with Crippen LogP contribution in [0.1, 0.15) is 16.7 Å². The van der Waals surface area contributed by atoms with Gasteiger partial charge in [-0.3, -0.25) is 10.1 Å². The molecule has 0 aliphatic rings. The minimum absolute atomic E-state index is 0.119. The highest BCUT2D eigenvalue weighted by Crippen LogP contribution is 2.23. The molecule has 0 bridgehead atoms. The Bertz CT molecular complexity index is 1070. The number of hydrogen-bond acceptors (Lipinski definition) is 6. The van der Waals surface area contributed by atoms with Crippen LogP contribution in [0.4, 0.5) is 5.13 Å². The highest BCUT2D eigenvalue weighted by molar-refractivity contribution is 7.92. The summed E-state index contributed by atoms with van der Waals surface area (Å²) in [5.41, 5.74) is 2.55. The molecule has 0 aliphatic heterocycles. The lowest BCUT2D eigenvalue weighted by molar-refractivity contribution is -0.111. The van der Waals surface area contributed by atoms with E-state index in [1.165, 1.54) is 6.08 Å². The number of carbonyl (C=O) groups is 1. The van der Waals surface area contributed by atoms with Crippen LogP contribution in [-0.4, -0.2) is 24.5 Å². The second-order valence-corrected chi connectivity index (χ2v) is 9.00. The van der Waals surface area contributed by atoms with Gasteiger partial charge < -0.3 is 0 Å². The number of nitrogens with zero attached hydrogens (tertiary/aromatic N) is 2. The van der Waals surface area contributed by atoms with Crippen molar-refractivity contribution in [1.82, 2.24) is 10.2 Å². The number of amides is 1. The highest BCUT2D eigenvalue weighted by atomic mass is 32.2. The van der Waals surface area contributed by atoms with Crippen LogP contribution in [0, 0.1) is 6.92 Å². The fourth-order valence-corrected chi connectivity index (χ4v) is 4.66. The predicted octanol–water partition coefficient (Wildman–Crippen LogP) is 3.47. The molecule has 6 nitrogen and oxygen atoms in total. The predicted molar refractivity (Wildman–Crippen MR) is 106 cm³/mol. The average Bonchev–Trinajstić information content (AvgIpc) is 3.10. The molecule has 1 N–H and O–H groups in total. The Kier molecular flexibility index (Phi) is 5.78. The Morgan fingerprint density at radius 3 is 2.63 bits per heavy atom. The number of benzene rings is 2. The van der Waals surface area contributed by atoms with Gasteiger partial charge >= 0.3 is 0 Å². The van der Waals surface area contributed by atoms with Gasteiger partial charge in [-0.1, -0.05) is 71.5 Å². The van der Waals surface area contributed by atoms with Crippen molar-refractivity contribution < 1.29 is 13.2 Å². The smallest absolute Gasteiger partial charge is 0.250 e. The molecule has 0 fully saturated rings. The molecule has 0 atom stereocenters. The van der Waals surface area contributed by atoms with Gasteiger partial charge in [-0.15, -0.1) is 10.2 Å². The molecule has 1 aromatic heterocycles. The molecule has 2 aromatic carbocycles. The zero-order valence-electron chi connectivity index (χ0n) is 14.5. The van der Waals surface area contributed by atoms with Gasteiger partial charge in [-0.05, 0) is 24.1 Å². The van der Waals surface area contributed by atoms with Crippen LogP contribution in [0.15, 0.2) is 65.0 Å². The Balaban J connectivity index is 1.67. The lowest BCUT2D eigenvalue weighted by atomic mass is 10.2. The molecule has 0 aliphatic carbocycles. The van der Waals surface area contributed by atoms with Crippen LogP contribution in [-0.2, 0) is 20.4 Å². The van der Waals surface area contributed by atoms with Crippen LogP contribution in [0.3, 0.4) is 0 Å². The zero-order valence-corrected chi connectivity index (χ0v) is 16.1. The molecular weight excluding hydrogens is 382 g/mol. The Morgan fingerprint density at radius 2 is 1.89 bits per heavy atom. The molecule has 0 saturated carbocycles. The van der Waals surface area contributed by atoms with Crippen molar-refractivity contribution in [2.24, 2.45) is 0 Å². The molecule has 0 radical (unpaired) electrons. The molecule has 8 heteroatoms. The quantitative estimate of drug-likeness (QED) is 0.506. The van der Waals surface area contributed by atoms with E-state index < -0.39 is 15.7 Å². The fraction of sp³-hybridized carbons (Fsp3) is 0.105. The van der Waals surface area contributed by atoms with Crippen molar-refractivity contribution in [3.8, 4) is 0 Å². The third-order valence-electron chi connectivity index (χ3n) is 3.57. The first-order valence-corrected chi connectivity index (χ1v) is 10.6. The zero-order chi connectivity index (χ0) is 19.3. The molecule has 3 aromatic rings. The highest BCUT2D eigenvalue weighted by Gasteiger charge is 2.21. The van der Waals surface area contributed by atoms with E-state index in [2.05, 4.69) is 15.5 Å². The average molecular weight is 399 g/mol. The van der Waals surface area contributed by atoms with E-state index in [4.69, 9.17) is 0 Å². The summed E-state index contributed by atoms with van der Waals surface area (Å²) in [5.74, 6) is -0.567. The van der Waals surface area contributed by atoms with Crippen molar-refractivity contribution in [3.63, 3.8) is 0 Å².